The molecule has 106 valence electrons. The molecule has 0 aliphatic rings. The number of carbonyl (C=O) groups is 1. The van der Waals surface area contributed by atoms with Gasteiger partial charge < -0.3 is 5.11 Å². The first-order chi connectivity index (χ1) is 9.27. The van der Waals surface area contributed by atoms with Crippen molar-refractivity contribution in [2.45, 2.75) is 39.5 Å². The highest BCUT2D eigenvalue weighted by Crippen LogP contribution is 2.24. The topological polar surface area (TPSA) is 50.2 Å². The molecule has 0 atom stereocenters. The number of hydrogen-bond acceptors (Lipinski definition) is 3. The van der Waals surface area contributed by atoms with E-state index in [1.807, 2.05) is 0 Å². The van der Waals surface area contributed by atoms with Crippen molar-refractivity contribution in [3.05, 3.63) is 51.0 Å². The summed E-state index contributed by atoms with van der Waals surface area (Å²) in [6.07, 6.45) is 0.684. The molecular weight excluding hydrogens is 270 g/mol. The number of aryl methyl sites for hydroxylation is 1. The van der Waals surface area contributed by atoms with Crippen LogP contribution >= 0.6 is 11.3 Å². The predicted molar refractivity (Wildman–Crippen MR) is 81.8 cm³/mol. The fraction of sp³-hybridized carbons (Fsp3) is 0.375. The molecule has 1 N–H and O–H groups in total. The smallest absolute Gasteiger partial charge is 0.347 e. The fourth-order valence-corrected chi connectivity index (χ4v) is 2.96. The van der Waals surface area contributed by atoms with Gasteiger partial charge in [0.05, 0.1) is 10.7 Å². The quantitative estimate of drug-likeness (QED) is 0.927. The van der Waals surface area contributed by atoms with Gasteiger partial charge in [-0.15, -0.1) is 11.3 Å². The van der Waals surface area contributed by atoms with Crippen LogP contribution in [0.25, 0.3) is 0 Å². The third kappa shape index (κ3) is 3.25. The Morgan fingerprint density at radius 1 is 1.25 bits per heavy atom. The van der Waals surface area contributed by atoms with Crippen molar-refractivity contribution in [1.29, 1.82) is 0 Å². The van der Waals surface area contributed by atoms with Gasteiger partial charge in [-0.1, -0.05) is 45.0 Å². The second kappa shape index (κ2) is 5.37. The first-order valence-corrected chi connectivity index (χ1v) is 7.38. The molecule has 2 aromatic rings. The van der Waals surface area contributed by atoms with Crippen molar-refractivity contribution >= 4 is 17.3 Å². The van der Waals surface area contributed by atoms with Crippen LogP contribution in [0.2, 0.25) is 0 Å². The van der Waals surface area contributed by atoms with Crippen LogP contribution in [0.1, 0.15) is 52.3 Å². The molecule has 2 rings (SSSR count). The Kier molecular flexibility index (Phi) is 3.95. The van der Waals surface area contributed by atoms with E-state index in [2.05, 4.69) is 50.0 Å². The van der Waals surface area contributed by atoms with Crippen LogP contribution in [0.5, 0.6) is 0 Å². The second-order valence-electron chi connectivity index (χ2n) is 5.95. The van der Waals surface area contributed by atoms with Gasteiger partial charge in [0.2, 0.25) is 0 Å². The van der Waals surface area contributed by atoms with E-state index in [0.29, 0.717) is 17.0 Å². The normalized spacial score (nSPS) is 11.6. The van der Waals surface area contributed by atoms with E-state index in [0.717, 1.165) is 10.6 Å². The Morgan fingerprint density at radius 3 is 2.30 bits per heavy atom. The van der Waals surface area contributed by atoms with Crippen molar-refractivity contribution in [3.63, 3.8) is 0 Å². The van der Waals surface area contributed by atoms with Crippen LogP contribution in [-0.2, 0) is 11.8 Å². The molecule has 0 fully saturated rings. The van der Waals surface area contributed by atoms with E-state index in [4.69, 9.17) is 5.11 Å². The van der Waals surface area contributed by atoms with Gasteiger partial charge in [-0.05, 0) is 23.5 Å². The largest absolute Gasteiger partial charge is 0.477 e. The van der Waals surface area contributed by atoms with Crippen LogP contribution in [0.3, 0.4) is 0 Å². The van der Waals surface area contributed by atoms with E-state index in [1.165, 1.54) is 16.9 Å². The van der Waals surface area contributed by atoms with E-state index in [9.17, 15) is 4.79 Å². The lowest BCUT2D eigenvalue weighted by Crippen LogP contribution is -2.10. The van der Waals surface area contributed by atoms with Gasteiger partial charge in [0.15, 0.2) is 0 Å². The zero-order valence-corrected chi connectivity index (χ0v) is 13.0. The van der Waals surface area contributed by atoms with Gasteiger partial charge in [-0.25, -0.2) is 9.78 Å². The van der Waals surface area contributed by atoms with Crippen LogP contribution in [0.15, 0.2) is 24.3 Å². The molecule has 0 aliphatic heterocycles. The van der Waals surface area contributed by atoms with Gasteiger partial charge in [-0.2, -0.15) is 0 Å². The maximum Gasteiger partial charge on any atom is 0.347 e. The Hall–Kier alpha value is -1.68. The highest BCUT2D eigenvalue weighted by Gasteiger charge is 2.15. The average molecular weight is 289 g/mol. The lowest BCUT2D eigenvalue weighted by Gasteiger charge is -2.19. The summed E-state index contributed by atoms with van der Waals surface area (Å²) in [6.45, 7) is 8.30. The number of carboxylic acids is 1. The van der Waals surface area contributed by atoms with Crippen LogP contribution in [0.4, 0.5) is 0 Å². The van der Waals surface area contributed by atoms with Gasteiger partial charge in [-0.3, -0.25) is 0 Å². The summed E-state index contributed by atoms with van der Waals surface area (Å²) in [6, 6.07) is 8.46. The number of benzene rings is 1. The van der Waals surface area contributed by atoms with Gasteiger partial charge in [0.1, 0.15) is 4.88 Å². The van der Waals surface area contributed by atoms with Crippen molar-refractivity contribution < 1.29 is 9.90 Å². The third-order valence-corrected chi connectivity index (χ3v) is 4.36. The average Bonchev–Trinajstić information content (AvgIpc) is 2.70. The number of hydrogen-bond donors (Lipinski definition) is 1. The summed E-state index contributed by atoms with van der Waals surface area (Å²) >= 11 is 1.26. The molecule has 0 aliphatic carbocycles. The number of rotatable bonds is 3. The first kappa shape index (κ1) is 14.7. The van der Waals surface area contributed by atoms with E-state index >= 15 is 0 Å². The summed E-state index contributed by atoms with van der Waals surface area (Å²) < 4.78 is 0. The predicted octanol–water partition coefficient (Wildman–Crippen LogP) is 4.04. The summed E-state index contributed by atoms with van der Waals surface area (Å²) in [7, 11) is 0. The SMILES string of the molecule is Cc1nc(Cc2ccc(C(C)(C)C)cc2)sc1C(=O)O. The van der Waals surface area contributed by atoms with E-state index in [1.54, 1.807) is 6.92 Å². The van der Waals surface area contributed by atoms with Crippen LogP contribution in [-0.4, -0.2) is 16.1 Å². The minimum atomic E-state index is -0.894. The number of thiazole rings is 1. The molecule has 0 saturated carbocycles. The molecule has 0 radical (unpaired) electrons. The summed E-state index contributed by atoms with van der Waals surface area (Å²) in [5.74, 6) is -0.894. The number of aromatic nitrogens is 1. The van der Waals surface area contributed by atoms with Crippen LogP contribution in [0, 0.1) is 6.92 Å². The van der Waals surface area contributed by atoms with E-state index < -0.39 is 5.97 Å². The van der Waals surface area contributed by atoms with Crippen molar-refractivity contribution in [2.24, 2.45) is 0 Å². The Bertz CT molecular complexity index is 621. The van der Waals surface area contributed by atoms with Crippen molar-refractivity contribution in [3.8, 4) is 0 Å². The zero-order chi connectivity index (χ0) is 14.9. The molecule has 20 heavy (non-hydrogen) atoms. The Morgan fingerprint density at radius 2 is 1.85 bits per heavy atom. The fourth-order valence-electron chi connectivity index (χ4n) is 2.02. The zero-order valence-electron chi connectivity index (χ0n) is 12.2. The molecule has 0 bridgehead atoms. The highest BCUT2D eigenvalue weighted by atomic mass is 32.1. The number of nitrogens with zero attached hydrogens (tertiary/aromatic N) is 1. The second-order valence-corrected chi connectivity index (χ2v) is 7.03. The van der Waals surface area contributed by atoms with Gasteiger partial charge in [0.25, 0.3) is 0 Å². The van der Waals surface area contributed by atoms with Crippen molar-refractivity contribution in [1.82, 2.24) is 4.98 Å². The summed E-state index contributed by atoms with van der Waals surface area (Å²) in [4.78, 5) is 15.7. The molecule has 0 amide bonds. The molecule has 1 aromatic heterocycles. The molecule has 0 spiro atoms. The molecule has 4 heteroatoms. The first-order valence-electron chi connectivity index (χ1n) is 6.56. The lowest BCUT2D eigenvalue weighted by atomic mass is 9.86. The molecule has 1 aromatic carbocycles. The summed E-state index contributed by atoms with van der Waals surface area (Å²) in [5.41, 5.74) is 3.20. The van der Waals surface area contributed by atoms with Crippen molar-refractivity contribution in [2.75, 3.05) is 0 Å². The minimum absolute atomic E-state index is 0.146. The molecule has 3 nitrogen and oxygen atoms in total. The van der Waals surface area contributed by atoms with Gasteiger partial charge in [0, 0.05) is 6.42 Å². The maximum atomic E-state index is 11.0. The third-order valence-electron chi connectivity index (χ3n) is 3.21. The monoisotopic (exact) mass is 289 g/mol. The summed E-state index contributed by atoms with van der Waals surface area (Å²) in [5, 5.41) is 9.89. The molecule has 0 saturated heterocycles. The maximum absolute atomic E-state index is 11.0. The molecular formula is C16H19NO2S. The lowest BCUT2D eigenvalue weighted by molar-refractivity contribution is 0.0701. The van der Waals surface area contributed by atoms with Crippen LogP contribution < -0.4 is 0 Å². The standard InChI is InChI=1S/C16H19NO2S/c1-10-14(15(18)19)20-13(17-10)9-11-5-7-12(8-6-11)16(2,3)4/h5-8H,9H2,1-4H3,(H,18,19). The highest BCUT2D eigenvalue weighted by molar-refractivity contribution is 7.13. The Balaban J connectivity index is 2.18. The Labute approximate surface area is 123 Å². The molecule has 1 heterocycles. The number of carboxylic acid groups (broad SMARTS) is 1. The van der Waals surface area contributed by atoms with Gasteiger partial charge >= 0.3 is 5.97 Å². The molecule has 0 unspecified atom stereocenters. The minimum Gasteiger partial charge on any atom is -0.477 e. The number of aromatic carboxylic acids is 1. The van der Waals surface area contributed by atoms with E-state index in [-0.39, 0.29) is 5.41 Å².